The van der Waals surface area contributed by atoms with E-state index in [1.165, 1.54) is 34.8 Å². The Morgan fingerprint density at radius 2 is 1.96 bits per heavy atom. The van der Waals surface area contributed by atoms with Gasteiger partial charge in [0.05, 0.1) is 9.77 Å². The molecular formula is C18H20FNO3S2. The number of Topliss-reactive ketones (excluding diaryl/α,β-unsaturated/α-hetero) is 1. The average Bonchev–Trinajstić information content (AvgIpc) is 3.03. The highest BCUT2D eigenvalue weighted by molar-refractivity contribution is 7.89. The number of hydrogen-bond donors (Lipinski definition) is 0. The molecule has 1 aromatic carbocycles. The second-order valence-electron chi connectivity index (χ2n) is 6.41. The Morgan fingerprint density at radius 3 is 2.64 bits per heavy atom. The number of hydrogen-bond acceptors (Lipinski definition) is 4. The van der Waals surface area contributed by atoms with Crippen LogP contribution in [0.1, 0.15) is 34.1 Å². The molecule has 0 N–H and O–H groups in total. The number of fused-ring (bicyclic) bond motifs is 1. The number of carbonyl (C=O) groups is 1. The molecule has 1 heterocycles. The van der Waals surface area contributed by atoms with Gasteiger partial charge < -0.3 is 0 Å². The molecule has 0 fully saturated rings. The fraction of sp³-hybridized carbons (Fsp3) is 0.389. The molecule has 0 radical (unpaired) electrons. The first kappa shape index (κ1) is 18.2. The molecule has 0 bridgehead atoms. The number of halogens is 1. The summed E-state index contributed by atoms with van der Waals surface area (Å²) in [6.07, 6.45) is 1.80. The standard InChI is InChI=1S/C18H20FNO3S2/c1-12-3-8-15-16(11-24-18(15)17(12)21)25(22,23)20(2)10-9-13-4-6-14(19)7-5-13/h4-7,11-12H,3,8-10H2,1-2H3. The Morgan fingerprint density at radius 1 is 1.28 bits per heavy atom. The predicted molar refractivity (Wildman–Crippen MR) is 96.1 cm³/mol. The molecule has 0 saturated carbocycles. The molecule has 1 aliphatic carbocycles. The summed E-state index contributed by atoms with van der Waals surface area (Å²) >= 11 is 1.23. The van der Waals surface area contributed by atoms with Crippen molar-refractivity contribution in [1.82, 2.24) is 4.31 Å². The molecule has 1 aromatic heterocycles. The Labute approximate surface area is 151 Å². The van der Waals surface area contributed by atoms with Crippen LogP contribution in [-0.2, 0) is 22.9 Å². The maximum Gasteiger partial charge on any atom is 0.243 e. The van der Waals surface area contributed by atoms with E-state index >= 15 is 0 Å². The van der Waals surface area contributed by atoms with Gasteiger partial charge in [-0.15, -0.1) is 11.3 Å². The van der Waals surface area contributed by atoms with Crippen LogP contribution in [0.25, 0.3) is 0 Å². The normalized spacial score (nSPS) is 17.8. The SMILES string of the molecule is CC1CCc2c(S(=O)(=O)N(C)CCc3ccc(F)cc3)csc2C1=O. The van der Waals surface area contributed by atoms with Crippen molar-refractivity contribution in [1.29, 1.82) is 0 Å². The number of carbonyl (C=O) groups excluding carboxylic acids is 1. The van der Waals surface area contributed by atoms with E-state index in [1.807, 2.05) is 6.92 Å². The summed E-state index contributed by atoms with van der Waals surface area (Å²) in [6, 6.07) is 6.04. The van der Waals surface area contributed by atoms with Crippen LogP contribution in [0.5, 0.6) is 0 Å². The van der Waals surface area contributed by atoms with Crippen LogP contribution in [0.3, 0.4) is 0 Å². The summed E-state index contributed by atoms with van der Waals surface area (Å²) in [7, 11) is -2.10. The zero-order chi connectivity index (χ0) is 18.2. The van der Waals surface area contributed by atoms with Crippen molar-refractivity contribution in [2.45, 2.75) is 31.1 Å². The fourth-order valence-corrected chi connectivity index (χ4v) is 5.89. The lowest BCUT2D eigenvalue weighted by Crippen LogP contribution is -2.30. The topological polar surface area (TPSA) is 54.5 Å². The zero-order valence-corrected chi connectivity index (χ0v) is 15.8. The molecule has 25 heavy (non-hydrogen) atoms. The Kier molecular flexibility index (Phi) is 5.09. The van der Waals surface area contributed by atoms with Gasteiger partial charge >= 0.3 is 0 Å². The third kappa shape index (κ3) is 3.54. The van der Waals surface area contributed by atoms with Gasteiger partial charge in [-0.1, -0.05) is 19.1 Å². The lowest BCUT2D eigenvalue weighted by atomic mass is 9.89. The van der Waals surface area contributed by atoms with Crippen LogP contribution in [0.15, 0.2) is 34.5 Å². The number of thiophene rings is 1. The molecule has 3 rings (SSSR count). The fourth-order valence-electron chi connectivity index (χ4n) is 2.97. The molecule has 0 amide bonds. The molecule has 1 atom stereocenters. The van der Waals surface area contributed by atoms with E-state index in [9.17, 15) is 17.6 Å². The first-order valence-corrected chi connectivity index (χ1v) is 10.5. The van der Waals surface area contributed by atoms with E-state index in [0.717, 1.165) is 5.56 Å². The Hall–Kier alpha value is -1.57. The van der Waals surface area contributed by atoms with Gasteiger partial charge in [-0.3, -0.25) is 4.79 Å². The van der Waals surface area contributed by atoms with Crippen molar-refractivity contribution in [3.63, 3.8) is 0 Å². The highest BCUT2D eigenvalue weighted by atomic mass is 32.2. The van der Waals surface area contributed by atoms with E-state index < -0.39 is 10.0 Å². The van der Waals surface area contributed by atoms with Crippen molar-refractivity contribution in [2.24, 2.45) is 5.92 Å². The summed E-state index contributed by atoms with van der Waals surface area (Å²) in [5.41, 5.74) is 1.54. The first-order valence-electron chi connectivity index (χ1n) is 8.16. The monoisotopic (exact) mass is 381 g/mol. The average molecular weight is 381 g/mol. The second-order valence-corrected chi connectivity index (χ2v) is 9.31. The van der Waals surface area contributed by atoms with Crippen LogP contribution in [0.4, 0.5) is 4.39 Å². The third-order valence-electron chi connectivity index (χ3n) is 4.67. The van der Waals surface area contributed by atoms with Gasteiger partial charge in [0.1, 0.15) is 5.82 Å². The third-order valence-corrected chi connectivity index (χ3v) is 7.78. The zero-order valence-electron chi connectivity index (χ0n) is 14.2. The van der Waals surface area contributed by atoms with Gasteiger partial charge in [0, 0.05) is 24.9 Å². The van der Waals surface area contributed by atoms with E-state index in [0.29, 0.717) is 36.2 Å². The molecule has 4 nitrogen and oxygen atoms in total. The summed E-state index contributed by atoms with van der Waals surface area (Å²) in [5, 5.41) is 1.59. The van der Waals surface area contributed by atoms with Crippen LogP contribution in [0.2, 0.25) is 0 Å². The van der Waals surface area contributed by atoms with Crippen LogP contribution < -0.4 is 0 Å². The number of nitrogens with zero attached hydrogens (tertiary/aromatic N) is 1. The molecule has 1 aliphatic rings. The smallest absolute Gasteiger partial charge is 0.243 e. The maximum absolute atomic E-state index is 12.9. The molecule has 1 unspecified atom stereocenters. The van der Waals surface area contributed by atoms with E-state index in [-0.39, 0.29) is 22.4 Å². The Bertz CT molecular complexity index is 888. The van der Waals surface area contributed by atoms with E-state index in [1.54, 1.807) is 17.5 Å². The minimum atomic E-state index is -3.64. The van der Waals surface area contributed by atoms with Crippen molar-refractivity contribution in [2.75, 3.05) is 13.6 Å². The van der Waals surface area contributed by atoms with Gasteiger partial charge in [0.2, 0.25) is 10.0 Å². The van der Waals surface area contributed by atoms with Gasteiger partial charge in [-0.05, 0) is 42.5 Å². The molecule has 0 spiro atoms. The van der Waals surface area contributed by atoms with Crippen molar-refractivity contribution >= 4 is 27.1 Å². The summed E-state index contributed by atoms with van der Waals surface area (Å²) in [6.45, 7) is 2.18. The molecule has 7 heteroatoms. The van der Waals surface area contributed by atoms with Gasteiger partial charge in [0.15, 0.2) is 5.78 Å². The quantitative estimate of drug-likeness (QED) is 0.796. The van der Waals surface area contributed by atoms with Gasteiger partial charge in [-0.2, -0.15) is 0 Å². The first-order chi connectivity index (χ1) is 11.8. The lowest BCUT2D eigenvalue weighted by Gasteiger charge is -2.21. The predicted octanol–water partition coefficient (Wildman–Crippen LogP) is 3.52. The summed E-state index contributed by atoms with van der Waals surface area (Å²) < 4.78 is 40.0. The van der Waals surface area contributed by atoms with Crippen LogP contribution in [-0.4, -0.2) is 32.1 Å². The number of benzene rings is 1. The molecular weight excluding hydrogens is 361 g/mol. The minimum Gasteiger partial charge on any atom is -0.293 e. The summed E-state index contributed by atoms with van der Waals surface area (Å²) in [4.78, 5) is 13.1. The molecule has 134 valence electrons. The summed E-state index contributed by atoms with van der Waals surface area (Å²) in [5.74, 6) is -0.312. The van der Waals surface area contributed by atoms with Crippen molar-refractivity contribution in [3.05, 3.63) is 51.5 Å². The second kappa shape index (κ2) is 6.97. The number of sulfonamides is 1. The number of rotatable bonds is 5. The molecule has 0 aliphatic heterocycles. The lowest BCUT2D eigenvalue weighted by molar-refractivity contribution is 0.0918. The van der Waals surface area contributed by atoms with Crippen LogP contribution in [0, 0.1) is 11.7 Å². The van der Waals surface area contributed by atoms with Crippen LogP contribution >= 0.6 is 11.3 Å². The number of likely N-dealkylation sites (N-methyl/N-ethyl adjacent to an activating group) is 1. The van der Waals surface area contributed by atoms with Crippen molar-refractivity contribution in [3.8, 4) is 0 Å². The van der Waals surface area contributed by atoms with E-state index in [4.69, 9.17) is 0 Å². The van der Waals surface area contributed by atoms with E-state index in [2.05, 4.69) is 0 Å². The van der Waals surface area contributed by atoms with Gasteiger partial charge in [0.25, 0.3) is 0 Å². The maximum atomic E-state index is 12.9. The largest absolute Gasteiger partial charge is 0.293 e. The number of ketones is 1. The minimum absolute atomic E-state index is 0.0432. The molecule has 2 aromatic rings. The molecule has 0 saturated heterocycles. The van der Waals surface area contributed by atoms with Crippen molar-refractivity contribution < 1.29 is 17.6 Å². The Balaban J connectivity index is 1.78. The van der Waals surface area contributed by atoms with Gasteiger partial charge in [-0.25, -0.2) is 17.1 Å². The highest BCUT2D eigenvalue weighted by Gasteiger charge is 2.33. The highest BCUT2D eigenvalue weighted by Crippen LogP contribution is 2.36.